The Morgan fingerprint density at radius 3 is 2.36 bits per heavy atom. The van der Waals surface area contributed by atoms with Gasteiger partial charge in [0.2, 0.25) is 11.8 Å². The van der Waals surface area contributed by atoms with Crippen molar-refractivity contribution in [3.05, 3.63) is 35.9 Å². The monoisotopic (exact) mass is 345 g/mol. The number of nitrogens with one attached hydrogen (secondary N) is 2. The van der Waals surface area contributed by atoms with Gasteiger partial charge < -0.3 is 15.5 Å². The lowest BCUT2D eigenvalue weighted by Crippen LogP contribution is -2.49. The highest BCUT2D eigenvalue weighted by atomic mass is 16.2. The van der Waals surface area contributed by atoms with Crippen molar-refractivity contribution in [2.45, 2.75) is 39.2 Å². The molecule has 1 aliphatic heterocycles. The van der Waals surface area contributed by atoms with E-state index in [9.17, 15) is 14.4 Å². The minimum absolute atomic E-state index is 0.00188. The third-order valence-electron chi connectivity index (χ3n) is 4.24. The number of hydrogen-bond acceptors (Lipinski definition) is 3. The zero-order chi connectivity index (χ0) is 18.2. The Labute approximate surface area is 149 Å². The number of piperidine rings is 1. The van der Waals surface area contributed by atoms with Crippen LogP contribution in [0.2, 0.25) is 0 Å². The van der Waals surface area contributed by atoms with Gasteiger partial charge >= 0.3 is 0 Å². The van der Waals surface area contributed by atoms with Crippen molar-refractivity contribution in [1.82, 2.24) is 15.5 Å². The molecular weight excluding hydrogens is 318 g/mol. The highest BCUT2D eigenvalue weighted by molar-refractivity contribution is 5.96. The Kier molecular flexibility index (Phi) is 6.98. The zero-order valence-electron chi connectivity index (χ0n) is 15.0. The minimum Gasteiger partial charge on any atom is -0.353 e. The van der Waals surface area contributed by atoms with Crippen LogP contribution >= 0.6 is 0 Å². The summed E-state index contributed by atoms with van der Waals surface area (Å²) >= 11 is 0. The van der Waals surface area contributed by atoms with Gasteiger partial charge in [0, 0.05) is 31.1 Å². The van der Waals surface area contributed by atoms with E-state index in [2.05, 4.69) is 10.6 Å². The van der Waals surface area contributed by atoms with E-state index in [1.807, 2.05) is 19.9 Å². The Morgan fingerprint density at radius 2 is 1.76 bits per heavy atom. The van der Waals surface area contributed by atoms with Gasteiger partial charge in [0.05, 0.1) is 6.54 Å². The average molecular weight is 345 g/mol. The van der Waals surface area contributed by atoms with Gasteiger partial charge in [-0.2, -0.15) is 0 Å². The molecule has 0 radical (unpaired) electrons. The molecule has 136 valence electrons. The highest BCUT2D eigenvalue weighted by Gasteiger charge is 2.24. The van der Waals surface area contributed by atoms with Gasteiger partial charge in [-0.05, 0) is 30.9 Å². The van der Waals surface area contributed by atoms with E-state index >= 15 is 0 Å². The molecule has 1 aliphatic rings. The number of hydrogen-bond donors (Lipinski definition) is 2. The van der Waals surface area contributed by atoms with Crippen LogP contribution in [0.15, 0.2) is 30.3 Å². The normalized spacial score (nSPS) is 15.1. The van der Waals surface area contributed by atoms with Crippen LogP contribution in [0.3, 0.4) is 0 Å². The third kappa shape index (κ3) is 6.21. The summed E-state index contributed by atoms with van der Waals surface area (Å²) in [6.07, 6.45) is 2.04. The molecule has 2 N–H and O–H groups in total. The molecule has 1 aromatic rings. The van der Waals surface area contributed by atoms with E-state index in [1.54, 1.807) is 29.2 Å². The second-order valence-electron chi connectivity index (χ2n) is 6.87. The van der Waals surface area contributed by atoms with Gasteiger partial charge in [-0.15, -0.1) is 0 Å². The molecule has 1 saturated heterocycles. The molecule has 3 amide bonds. The highest BCUT2D eigenvalue weighted by Crippen LogP contribution is 2.11. The predicted molar refractivity (Wildman–Crippen MR) is 96.0 cm³/mol. The predicted octanol–water partition coefficient (Wildman–Crippen LogP) is 1.57. The van der Waals surface area contributed by atoms with Crippen molar-refractivity contribution < 1.29 is 14.4 Å². The number of rotatable bonds is 6. The SMILES string of the molecule is CC(C)CC(=O)NC1CCN(C(=O)CNC(=O)c2ccccc2)CC1. The van der Waals surface area contributed by atoms with Crippen LogP contribution in [0.4, 0.5) is 0 Å². The fraction of sp³-hybridized carbons (Fsp3) is 0.526. The maximum atomic E-state index is 12.2. The summed E-state index contributed by atoms with van der Waals surface area (Å²) in [5, 5.41) is 5.70. The molecule has 2 rings (SSSR count). The Bertz CT molecular complexity index is 593. The first-order valence-corrected chi connectivity index (χ1v) is 8.86. The maximum absolute atomic E-state index is 12.2. The van der Waals surface area contributed by atoms with Crippen LogP contribution in [-0.2, 0) is 9.59 Å². The smallest absolute Gasteiger partial charge is 0.251 e. The van der Waals surface area contributed by atoms with E-state index in [-0.39, 0.29) is 30.3 Å². The summed E-state index contributed by atoms with van der Waals surface area (Å²) in [5.74, 6) is 0.0887. The summed E-state index contributed by atoms with van der Waals surface area (Å²) in [6.45, 7) is 5.24. The Balaban J connectivity index is 1.70. The first kappa shape index (κ1) is 19.0. The van der Waals surface area contributed by atoms with E-state index in [0.717, 1.165) is 12.8 Å². The lowest BCUT2D eigenvalue weighted by atomic mass is 10.0. The van der Waals surface area contributed by atoms with Crippen molar-refractivity contribution in [3.63, 3.8) is 0 Å². The van der Waals surface area contributed by atoms with E-state index in [4.69, 9.17) is 0 Å². The van der Waals surface area contributed by atoms with Crippen molar-refractivity contribution in [2.75, 3.05) is 19.6 Å². The first-order chi connectivity index (χ1) is 12.0. The van der Waals surface area contributed by atoms with Crippen molar-refractivity contribution in [1.29, 1.82) is 0 Å². The van der Waals surface area contributed by atoms with Crippen LogP contribution in [-0.4, -0.2) is 48.3 Å². The number of carbonyl (C=O) groups is 3. The molecule has 0 saturated carbocycles. The molecule has 1 fully saturated rings. The molecule has 25 heavy (non-hydrogen) atoms. The van der Waals surface area contributed by atoms with Gasteiger partial charge in [0.25, 0.3) is 5.91 Å². The summed E-state index contributed by atoms with van der Waals surface area (Å²) < 4.78 is 0. The van der Waals surface area contributed by atoms with Gasteiger partial charge in [-0.25, -0.2) is 0 Å². The number of benzene rings is 1. The lowest BCUT2D eigenvalue weighted by Gasteiger charge is -2.32. The molecule has 1 heterocycles. The summed E-state index contributed by atoms with van der Waals surface area (Å²) in [5.41, 5.74) is 0.543. The molecule has 1 aromatic carbocycles. The molecule has 6 heteroatoms. The largest absolute Gasteiger partial charge is 0.353 e. The average Bonchev–Trinajstić information content (AvgIpc) is 2.60. The van der Waals surface area contributed by atoms with Gasteiger partial charge in [-0.3, -0.25) is 14.4 Å². The van der Waals surface area contributed by atoms with Crippen molar-refractivity contribution in [3.8, 4) is 0 Å². The van der Waals surface area contributed by atoms with Crippen LogP contribution in [0.5, 0.6) is 0 Å². The van der Waals surface area contributed by atoms with Gasteiger partial charge in [0.15, 0.2) is 0 Å². The standard InChI is InChI=1S/C19H27N3O3/c1-14(2)12-17(23)21-16-8-10-22(11-9-16)18(24)13-20-19(25)15-6-4-3-5-7-15/h3-7,14,16H,8-13H2,1-2H3,(H,20,25)(H,21,23). The molecule has 0 aromatic heterocycles. The van der Waals surface area contributed by atoms with Crippen LogP contribution in [0.25, 0.3) is 0 Å². The van der Waals surface area contributed by atoms with Gasteiger partial charge in [0.1, 0.15) is 0 Å². The van der Waals surface area contributed by atoms with Crippen LogP contribution < -0.4 is 10.6 Å². The van der Waals surface area contributed by atoms with E-state index < -0.39 is 0 Å². The summed E-state index contributed by atoms with van der Waals surface area (Å²) in [4.78, 5) is 37.8. The number of amides is 3. The summed E-state index contributed by atoms with van der Waals surface area (Å²) in [6, 6.07) is 8.97. The van der Waals surface area contributed by atoms with E-state index in [1.165, 1.54) is 0 Å². The zero-order valence-corrected chi connectivity index (χ0v) is 15.0. The first-order valence-electron chi connectivity index (χ1n) is 8.86. The fourth-order valence-electron chi connectivity index (χ4n) is 2.89. The number of likely N-dealkylation sites (tertiary alicyclic amines) is 1. The van der Waals surface area contributed by atoms with Crippen LogP contribution in [0.1, 0.15) is 43.5 Å². The minimum atomic E-state index is -0.246. The molecule has 0 aliphatic carbocycles. The molecule has 6 nitrogen and oxygen atoms in total. The topological polar surface area (TPSA) is 78.5 Å². The van der Waals surface area contributed by atoms with Crippen molar-refractivity contribution in [2.24, 2.45) is 5.92 Å². The maximum Gasteiger partial charge on any atom is 0.251 e. The molecule has 0 unspecified atom stereocenters. The van der Waals surface area contributed by atoms with Gasteiger partial charge in [-0.1, -0.05) is 32.0 Å². The fourth-order valence-corrected chi connectivity index (χ4v) is 2.89. The lowest BCUT2D eigenvalue weighted by molar-refractivity contribution is -0.131. The van der Waals surface area contributed by atoms with Crippen molar-refractivity contribution >= 4 is 17.7 Å². The Hall–Kier alpha value is -2.37. The van der Waals surface area contributed by atoms with E-state index in [0.29, 0.717) is 31.0 Å². The quantitative estimate of drug-likeness (QED) is 0.821. The van der Waals surface area contributed by atoms with Crippen LogP contribution in [0, 0.1) is 5.92 Å². The molecular formula is C19H27N3O3. The molecule has 0 bridgehead atoms. The second kappa shape index (κ2) is 9.20. The Morgan fingerprint density at radius 1 is 1.12 bits per heavy atom. The summed E-state index contributed by atoms with van der Waals surface area (Å²) in [7, 11) is 0. The molecule has 0 atom stereocenters. The third-order valence-corrected chi connectivity index (χ3v) is 4.24. The number of nitrogens with zero attached hydrogens (tertiary/aromatic N) is 1. The second-order valence-corrected chi connectivity index (χ2v) is 6.87. The molecule has 0 spiro atoms. The number of carbonyl (C=O) groups excluding carboxylic acids is 3.